The number of para-hydroxylation sites is 2. The fourth-order valence-electron chi connectivity index (χ4n) is 6.65. The maximum Gasteiger partial charge on any atom is 0.0462 e. The van der Waals surface area contributed by atoms with Crippen molar-refractivity contribution in [2.75, 3.05) is 4.90 Å². The molecule has 0 bridgehead atoms. The Morgan fingerprint density at radius 3 is 1.02 bits per heavy atom. The highest BCUT2D eigenvalue weighted by Crippen LogP contribution is 2.44. The molecule has 0 saturated carbocycles. The minimum absolute atomic E-state index is 1.12. The van der Waals surface area contributed by atoms with Gasteiger partial charge in [0.15, 0.2) is 0 Å². The van der Waals surface area contributed by atoms with Crippen molar-refractivity contribution < 1.29 is 0 Å². The van der Waals surface area contributed by atoms with E-state index in [-0.39, 0.29) is 0 Å². The molecule has 0 unspecified atom stereocenters. The Morgan fingerprint density at radius 2 is 0.596 bits per heavy atom. The highest BCUT2D eigenvalue weighted by Gasteiger charge is 2.17. The number of hydrogen-bond donors (Lipinski definition) is 0. The van der Waals surface area contributed by atoms with Gasteiger partial charge in [0.25, 0.3) is 0 Å². The van der Waals surface area contributed by atoms with Gasteiger partial charge in [-0.2, -0.15) is 0 Å². The van der Waals surface area contributed by atoms with Crippen LogP contribution >= 0.6 is 0 Å². The third-order valence-corrected chi connectivity index (χ3v) is 8.84. The highest BCUT2D eigenvalue weighted by atomic mass is 15.1. The van der Waals surface area contributed by atoms with Crippen LogP contribution in [0.25, 0.3) is 56.0 Å². The monoisotopic (exact) mass is 599 g/mol. The SMILES string of the molecule is C(=C\c1ccc(-c2c3ccccc3c(-c3ccc(N(c4ccccc4)c4ccccc4)cc3)c3ccccc23)cc1)/c1ccccc1. The van der Waals surface area contributed by atoms with E-state index in [0.29, 0.717) is 0 Å². The van der Waals surface area contributed by atoms with Crippen molar-refractivity contribution >= 4 is 50.8 Å². The molecule has 1 nitrogen and oxygen atoms in total. The van der Waals surface area contributed by atoms with Gasteiger partial charge in [0.05, 0.1) is 0 Å². The largest absolute Gasteiger partial charge is 0.311 e. The molecule has 0 atom stereocenters. The van der Waals surface area contributed by atoms with E-state index >= 15 is 0 Å². The van der Waals surface area contributed by atoms with Crippen LogP contribution in [0, 0.1) is 0 Å². The number of anilines is 3. The number of rotatable bonds is 7. The Bertz CT molecular complexity index is 2210. The molecule has 0 saturated heterocycles. The molecular formula is C46H33N. The first-order valence-corrected chi connectivity index (χ1v) is 16.1. The summed E-state index contributed by atoms with van der Waals surface area (Å²) in [6, 6.07) is 67.3. The van der Waals surface area contributed by atoms with Crippen LogP contribution in [0.5, 0.6) is 0 Å². The van der Waals surface area contributed by atoms with E-state index in [1.54, 1.807) is 0 Å². The van der Waals surface area contributed by atoms with E-state index in [2.05, 4.69) is 199 Å². The van der Waals surface area contributed by atoms with Gasteiger partial charge in [0.2, 0.25) is 0 Å². The molecule has 0 aliphatic heterocycles. The van der Waals surface area contributed by atoms with E-state index in [0.717, 1.165) is 17.1 Å². The smallest absolute Gasteiger partial charge is 0.0462 e. The average Bonchev–Trinajstić information content (AvgIpc) is 3.15. The van der Waals surface area contributed by atoms with Crippen LogP contribution in [0.1, 0.15) is 11.1 Å². The van der Waals surface area contributed by atoms with Crippen LogP contribution in [0.3, 0.4) is 0 Å². The lowest BCUT2D eigenvalue weighted by Crippen LogP contribution is -2.09. The van der Waals surface area contributed by atoms with E-state index in [4.69, 9.17) is 0 Å². The van der Waals surface area contributed by atoms with Crippen molar-refractivity contribution in [3.8, 4) is 22.3 Å². The van der Waals surface area contributed by atoms with Crippen LogP contribution in [-0.2, 0) is 0 Å². The van der Waals surface area contributed by atoms with Crippen LogP contribution in [0.2, 0.25) is 0 Å². The van der Waals surface area contributed by atoms with Crippen LogP contribution in [0.4, 0.5) is 17.1 Å². The summed E-state index contributed by atoms with van der Waals surface area (Å²) < 4.78 is 0. The molecule has 0 amide bonds. The molecular weight excluding hydrogens is 567 g/mol. The Labute approximate surface area is 276 Å². The lowest BCUT2D eigenvalue weighted by Gasteiger charge is -2.25. The maximum atomic E-state index is 2.31. The minimum atomic E-state index is 1.12. The van der Waals surface area contributed by atoms with Crippen molar-refractivity contribution in [2.45, 2.75) is 0 Å². The predicted molar refractivity (Wildman–Crippen MR) is 202 cm³/mol. The topological polar surface area (TPSA) is 3.24 Å². The molecule has 1 heteroatoms. The van der Waals surface area contributed by atoms with Crippen molar-refractivity contribution in [3.05, 3.63) is 199 Å². The highest BCUT2D eigenvalue weighted by molar-refractivity contribution is 6.21. The molecule has 0 aliphatic rings. The summed E-state index contributed by atoms with van der Waals surface area (Å²) >= 11 is 0. The lowest BCUT2D eigenvalue weighted by atomic mass is 9.86. The molecule has 0 spiro atoms. The summed E-state index contributed by atoms with van der Waals surface area (Å²) in [5.74, 6) is 0. The summed E-state index contributed by atoms with van der Waals surface area (Å²) in [5, 5.41) is 5.02. The van der Waals surface area contributed by atoms with E-state index < -0.39 is 0 Å². The van der Waals surface area contributed by atoms with Crippen molar-refractivity contribution in [3.63, 3.8) is 0 Å². The van der Waals surface area contributed by atoms with E-state index in [1.165, 1.54) is 54.9 Å². The Morgan fingerprint density at radius 1 is 0.277 bits per heavy atom. The minimum Gasteiger partial charge on any atom is -0.311 e. The summed E-state index contributed by atoms with van der Waals surface area (Å²) in [7, 11) is 0. The summed E-state index contributed by atoms with van der Waals surface area (Å²) in [4.78, 5) is 2.31. The molecule has 0 heterocycles. The average molecular weight is 600 g/mol. The zero-order chi connectivity index (χ0) is 31.4. The van der Waals surface area contributed by atoms with Gasteiger partial charge >= 0.3 is 0 Å². The van der Waals surface area contributed by atoms with Crippen molar-refractivity contribution in [1.29, 1.82) is 0 Å². The molecule has 47 heavy (non-hydrogen) atoms. The first kappa shape index (κ1) is 28.3. The van der Waals surface area contributed by atoms with E-state index in [9.17, 15) is 0 Å². The second-order valence-corrected chi connectivity index (χ2v) is 11.8. The van der Waals surface area contributed by atoms with Gasteiger partial charge in [-0.1, -0.05) is 164 Å². The quantitative estimate of drug-likeness (QED) is 0.130. The molecule has 0 aliphatic carbocycles. The van der Waals surface area contributed by atoms with Gasteiger partial charge < -0.3 is 4.90 Å². The number of fused-ring (bicyclic) bond motifs is 2. The molecule has 0 N–H and O–H groups in total. The fourth-order valence-corrected chi connectivity index (χ4v) is 6.65. The van der Waals surface area contributed by atoms with Gasteiger partial charge in [-0.25, -0.2) is 0 Å². The standard InChI is InChI=1S/C46H33N/c1-4-14-34(15-5-1)24-25-35-26-28-36(29-27-35)45-41-20-10-12-22-43(41)46(44-23-13-11-21-42(44)45)37-30-32-40(33-31-37)47(38-16-6-2-7-17-38)39-18-8-3-9-19-39/h1-33H/b25-24+. The third kappa shape index (κ3) is 5.60. The zero-order valence-electron chi connectivity index (χ0n) is 26.0. The van der Waals surface area contributed by atoms with Crippen LogP contribution in [-0.4, -0.2) is 0 Å². The van der Waals surface area contributed by atoms with Crippen LogP contribution in [0.15, 0.2) is 188 Å². The van der Waals surface area contributed by atoms with Crippen molar-refractivity contribution in [2.24, 2.45) is 0 Å². The Kier molecular flexibility index (Phi) is 7.63. The van der Waals surface area contributed by atoms with Gasteiger partial charge in [-0.15, -0.1) is 0 Å². The maximum absolute atomic E-state index is 2.31. The second kappa shape index (κ2) is 12.7. The normalized spacial score (nSPS) is 11.3. The Hall–Kier alpha value is -6.18. The van der Waals surface area contributed by atoms with E-state index in [1.807, 2.05) is 6.07 Å². The van der Waals surface area contributed by atoms with Gasteiger partial charge in [-0.05, 0) is 91.3 Å². The number of hydrogen-bond acceptors (Lipinski definition) is 1. The zero-order valence-corrected chi connectivity index (χ0v) is 26.0. The predicted octanol–water partition coefficient (Wildman–Crippen LogP) is 13.0. The summed E-state index contributed by atoms with van der Waals surface area (Å²) in [6.45, 7) is 0. The Balaban J connectivity index is 1.23. The van der Waals surface area contributed by atoms with Crippen molar-refractivity contribution in [1.82, 2.24) is 0 Å². The fraction of sp³-hybridized carbons (Fsp3) is 0. The summed E-state index contributed by atoms with van der Waals surface area (Å²) in [5.41, 5.74) is 10.7. The molecule has 0 radical (unpaired) electrons. The van der Waals surface area contributed by atoms with Gasteiger partial charge in [0, 0.05) is 17.1 Å². The number of nitrogens with zero attached hydrogens (tertiary/aromatic N) is 1. The third-order valence-electron chi connectivity index (χ3n) is 8.84. The van der Waals surface area contributed by atoms with Gasteiger partial charge in [0.1, 0.15) is 0 Å². The molecule has 8 rings (SSSR count). The second-order valence-electron chi connectivity index (χ2n) is 11.8. The lowest BCUT2D eigenvalue weighted by molar-refractivity contribution is 1.28. The first-order chi connectivity index (χ1) is 23.3. The molecule has 222 valence electrons. The molecule has 8 aromatic carbocycles. The van der Waals surface area contributed by atoms with Gasteiger partial charge in [-0.3, -0.25) is 0 Å². The summed E-state index contributed by atoms with van der Waals surface area (Å²) in [6.07, 6.45) is 4.34. The molecule has 0 fully saturated rings. The number of benzene rings is 8. The first-order valence-electron chi connectivity index (χ1n) is 16.1. The van der Waals surface area contributed by atoms with Crippen LogP contribution < -0.4 is 4.90 Å². The molecule has 8 aromatic rings. The molecule has 0 aromatic heterocycles.